The summed E-state index contributed by atoms with van der Waals surface area (Å²) in [5, 5.41) is 18.7. The van der Waals surface area contributed by atoms with Gasteiger partial charge in [0.25, 0.3) is 5.56 Å². The average Bonchev–Trinajstić information content (AvgIpc) is 3.13. The van der Waals surface area contributed by atoms with Crippen LogP contribution >= 0.6 is 0 Å². The summed E-state index contributed by atoms with van der Waals surface area (Å²) >= 11 is 0. The molecule has 8 heteroatoms. The van der Waals surface area contributed by atoms with Gasteiger partial charge in [0.1, 0.15) is 0 Å². The summed E-state index contributed by atoms with van der Waals surface area (Å²) in [5.74, 6) is 0.586. The maximum absolute atomic E-state index is 12.5. The molecule has 0 saturated carbocycles. The van der Waals surface area contributed by atoms with E-state index in [2.05, 4.69) is 43.2 Å². The standard InChI is InChI=1S/C25H24N6O2/c1-17-28-29-25(33-17)31-11-3-10-30(12-13-31)16-18-6-8-19(9-7-18)23-14-22-20(15-26)4-2-5-21(22)24(32)27-23/h2,4-9,14H,3,10-13,16H2,1H3,(H,27,32). The molecule has 1 N–H and O–H groups in total. The SMILES string of the molecule is Cc1nnc(N2CCCN(Cc3ccc(-c4cc5c(C#N)cccc5c(=O)[nH]4)cc3)CC2)o1. The van der Waals surface area contributed by atoms with Crippen LogP contribution in [-0.2, 0) is 6.54 Å². The fraction of sp³-hybridized carbons (Fsp3) is 0.280. The van der Waals surface area contributed by atoms with Gasteiger partial charge in [-0.3, -0.25) is 9.69 Å². The summed E-state index contributed by atoms with van der Waals surface area (Å²) in [5.41, 5.74) is 3.15. The largest absolute Gasteiger partial charge is 0.408 e. The summed E-state index contributed by atoms with van der Waals surface area (Å²) in [4.78, 5) is 20.1. The van der Waals surface area contributed by atoms with Gasteiger partial charge in [-0.1, -0.05) is 35.4 Å². The predicted octanol–water partition coefficient (Wildman–Crippen LogP) is 3.47. The predicted molar refractivity (Wildman–Crippen MR) is 126 cm³/mol. The van der Waals surface area contributed by atoms with Crippen molar-refractivity contribution >= 4 is 16.8 Å². The molecule has 1 fully saturated rings. The van der Waals surface area contributed by atoms with Crippen LogP contribution in [0.15, 0.2) is 57.7 Å². The van der Waals surface area contributed by atoms with Crippen LogP contribution in [-0.4, -0.2) is 46.3 Å². The van der Waals surface area contributed by atoms with E-state index in [0.717, 1.165) is 44.7 Å². The zero-order chi connectivity index (χ0) is 22.8. The van der Waals surface area contributed by atoms with Crippen LogP contribution in [0.2, 0.25) is 0 Å². The Morgan fingerprint density at radius 3 is 2.67 bits per heavy atom. The molecule has 1 aliphatic heterocycles. The molecule has 0 bridgehead atoms. The second-order valence-electron chi connectivity index (χ2n) is 8.31. The van der Waals surface area contributed by atoms with Crippen molar-refractivity contribution in [2.75, 3.05) is 31.1 Å². The molecule has 0 radical (unpaired) electrons. The molecular weight excluding hydrogens is 416 g/mol. The summed E-state index contributed by atoms with van der Waals surface area (Å²) in [6.07, 6.45) is 1.03. The highest BCUT2D eigenvalue weighted by atomic mass is 16.4. The molecule has 8 nitrogen and oxygen atoms in total. The van der Waals surface area contributed by atoms with E-state index in [1.54, 1.807) is 25.1 Å². The van der Waals surface area contributed by atoms with Gasteiger partial charge in [0.2, 0.25) is 5.89 Å². The number of hydrogen-bond acceptors (Lipinski definition) is 7. The monoisotopic (exact) mass is 440 g/mol. The van der Waals surface area contributed by atoms with Gasteiger partial charge in [0, 0.05) is 56.1 Å². The van der Waals surface area contributed by atoms with Gasteiger partial charge >= 0.3 is 6.01 Å². The summed E-state index contributed by atoms with van der Waals surface area (Å²) in [6, 6.07) is 18.1. The van der Waals surface area contributed by atoms with Gasteiger partial charge in [-0.05, 0) is 35.7 Å². The van der Waals surface area contributed by atoms with Crippen LogP contribution in [0.25, 0.3) is 22.0 Å². The highest BCUT2D eigenvalue weighted by molar-refractivity contribution is 5.89. The minimum atomic E-state index is -0.186. The molecule has 0 atom stereocenters. The number of H-pyrrole nitrogens is 1. The summed E-state index contributed by atoms with van der Waals surface area (Å²) in [7, 11) is 0. The summed E-state index contributed by atoms with van der Waals surface area (Å²) in [6.45, 7) is 6.32. The number of nitriles is 1. The molecule has 33 heavy (non-hydrogen) atoms. The quantitative estimate of drug-likeness (QED) is 0.518. The van der Waals surface area contributed by atoms with E-state index >= 15 is 0 Å². The molecule has 1 aliphatic rings. The van der Waals surface area contributed by atoms with E-state index in [1.807, 2.05) is 18.2 Å². The molecular formula is C25H24N6O2. The number of anilines is 1. The lowest BCUT2D eigenvalue weighted by Gasteiger charge is -2.20. The Bertz CT molecular complexity index is 1380. The average molecular weight is 441 g/mol. The molecule has 3 heterocycles. The number of pyridine rings is 1. The van der Waals surface area contributed by atoms with Crippen molar-refractivity contribution in [1.82, 2.24) is 20.1 Å². The highest BCUT2D eigenvalue weighted by Crippen LogP contribution is 2.23. The fourth-order valence-electron chi connectivity index (χ4n) is 4.32. The Labute approximate surface area is 191 Å². The van der Waals surface area contributed by atoms with E-state index in [-0.39, 0.29) is 5.56 Å². The van der Waals surface area contributed by atoms with Crippen molar-refractivity contribution in [3.05, 3.63) is 75.9 Å². The van der Waals surface area contributed by atoms with Crippen LogP contribution < -0.4 is 10.5 Å². The number of benzene rings is 2. The Balaban J connectivity index is 1.30. The lowest BCUT2D eigenvalue weighted by atomic mass is 10.0. The van der Waals surface area contributed by atoms with E-state index in [4.69, 9.17) is 4.42 Å². The molecule has 5 rings (SSSR count). The van der Waals surface area contributed by atoms with E-state index < -0.39 is 0 Å². The van der Waals surface area contributed by atoms with Gasteiger partial charge in [-0.2, -0.15) is 5.26 Å². The van der Waals surface area contributed by atoms with Gasteiger partial charge in [0.15, 0.2) is 0 Å². The van der Waals surface area contributed by atoms with Gasteiger partial charge < -0.3 is 14.3 Å². The van der Waals surface area contributed by atoms with Crippen molar-refractivity contribution in [2.24, 2.45) is 0 Å². The first-order valence-electron chi connectivity index (χ1n) is 11.0. The van der Waals surface area contributed by atoms with Crippen LogP contribution in [0.1, 0.15) is 23.4 Å². The first-order chi connectivity index (χ1) is 16.1. The molecule has 1 saturated heterocycles. The minimum absolute atomic E-state index is 0.186. The number of nitrogens with one attached hydrogen (secondary N) is 1. The number of aryl methyl sites for hydroxylation is 1. The van der Waals surface area contributed by atoms with Gasteiger partial charge in [-0.15, -0.1) is 5.10 Å². The molecule has 0 amide bonds. The smallest absolute Gasteiger partial charge is 0.318 e. The molecule has 0 unspecified atom stereocenters. The van der Waals surface area contributed by atoms with Crippen LogP contribution in [0.3, 0.4) is 0 Å². The van der Waals surface area contributed by atoms with Gasteiger partial charge in [0.05, 0.1) is 11.6 Å². The maximum Gasteiger partial charge on any atom is 0.318 e. The molecule has 2 aromatic heterocycles. The van der Waals surface area contributed by atoms with Crippen molar-refractivity contribution in [2.45, 2.75) is 19.9 Å². The molecule has 0 spiro atoms. The van der Waals surface area contributed by atoms with E-state index in [0.29, 0.717) is 33.9 Å². The van der Waals surface area contributed by atoms with Crippen LogP contribution in [0, 0.1) is 18.3 Å². The summed E-state index contributed by atoms with van der Waals surface area (Å²) < 4.78 is 5.58. The van der Waals surface area contributed by atoms with Crippen LogP contribution in [0.5, 0.6) is 0 Å². The lowest BCUT2D eigenvalue weighted by molar-refractivity contribution is 0.285. The zero-order valence-electron chi connectivity index (χ0n) is 18.4. The topological polar surface area (TPSA) is 102 Å². The van der Waals surface area contributed by atoms with Crippen molar-refractivity contribution in [3.63, 3.8) is 0 Å². The molecule has 4 aromatic rings. The fourth-order valence-corrected chi connectivity index (χ4v) is 4.32. The second kappa shape index (κ2) is 8.88. The highest BCUT2D eigenvalue weighted by Gasteiger charge is 2.19. The number of rotatable bonds is 4. The zero-order valence-corrected chi connectivity index (χ0v) is 18.4. The normalized spacial score (nSPS) is 14.8. The number of nitrogens with zero attached hydrogens (tertiary/aromatic N) is 5. The number of fused-ring (bicyclic) bond motifs is 1. The number of hydrogen-bond donors (Lipinski definition) is 1. The van der Waals surface area contributed by atoms with Gasteiger partial charge in [-0.25, -0.2) is 0 Å². The third kappa shape index (κ3) is 4.36. The molecule has 166 valence electrons. The molecule has 2 aromatic carbocycles. The van der Waals surface area contributed by atoms with Crippen molar-refractivity contribution < 1.29 is 4.42 Å². The Hall–Kier alpha value is -3.96. The van der Waals surface area contributed by atoms with Crippen LogP contribution in [0.4, 0.5) is 6.01 Å². The number of aromatic nitrogens is 3. The molecule has 0 aliphatic carbocycles. The van der Waals surface area contributed by atoms with Crippen molar-refractivity contribution in [1.29, 1.82) is 5.26 Å². The van der Waals surface area contributed by atoms with E-state index in [9.17, 15) is 10.1 Å². The minimum Gasteiger partial charge on any atom is -0.408 e. The first kappa shape index (κ1) is 20.9. The Kier molecular flexibility index (Phi) is 5.63. The second-order valence-corrected chi connectivity index (χ2v) is 8.31. The van der Waals surface area contributed by atoms with Crippen molar-refractivity contribution in [3.8, 4) is 17.3 Å². The number of aromatic amines is 1. The third-order valence-electron chi connectivity index (χ3n) is 6.05. The third-order valence-corrected chi connectivity index (χ3v) is 6.05. The Morgan fingerprint density at radius 2 is 1.91 bits per heavy atom. The first-order valence-corrected chi connectivity index (χ1v) is 11.0. The van der Waals surface area contributed by atoms with E-state index in [1.165, 1.54) is 5.56 Å². The maximum atomic E-state index is 12.5. The Morgan fingerprint density at radius 1 is 1.06 bits per heavy atom. The lowest BCUT2D eigenvalue weighted by Crippen LogP contribution is -2.30.